The average Bonchev–Trinajstić information content (AvgIpc) is 2.83. The highest BCUT2D eigenvalue weighted by Crippen LogP contribution is 2.26. The molecule has 0 atom stereocenters. The molecule has 2 aromatic heterocycles. The molecule has 0 saturated carbocycles. The summed E-state index contributed by atoms with van der Waals surface area (Å²) in [6.07, 6.45) is 3.75. The standard InChI is InChI=1S/C24H30N4O3/c1-29-22-6-5-20-14-21(24(30-2)26-23(20)15-22)18-28(17-19-4-3-7-25-16-19)9-8-27-10-12-31-13-11-27/h3-7,14-16H,8-13,17-18H2,1-2H3. The fraction of sp³-hybridized carbons (Fsp3) is 0.417. The number of morpholine rings is 1. The van der Waals surface area contributed by atoms with Crippen LogP contribution in [0, 0.1) is 0 Å². The summed E-state index contributed by atoms with van der Waals surface area (Å²) in [6.45, 7) is 7.12. The van der Waals surface area contributed by atoms with E-state index >= 15 is 0 Å². The van der Waals surface area contributed by atoms with Crippen molar-refractivity contribution in [2.45, 2.75) is 13.1 Å². The Bertz CT molecular complexity index is 977. The molecular weight excluding hydrogens is 392 g/mol. The SMILES string of the molecule is COc1ccc2cc(CN(CCN3CCOCC3)Cc3cccnc3)c(OC)nc2c1. The molecule has 0 aliphatic carbocycles. The molecule has 164 valence electrons. The average molecular weight is 423 g/mol. The monoisotopic (exact) mass is 422 g/mol. The number of aromatic nitrogens is 2. The van der Waals surface area contributed by atoms with Crippen molar-refractivity contribution in [1.29, 1.82) is 0 Å². The summed E-state index contributed by atoms with van der Waals surface area (Å²) >= 11 is 0. The van der Waals surface area contributed by atoms with Crippen LogP contribution in [0.2, 0.25) is 0 Å². The largest absolute Gasteiger partial charge is 0.497 e. The Labute approximate surface area is 183 Å². The molecule has 0 radical (unpaired) electrons. The van der Waals surface area contributed by atoms with Gasteiger partial charge in [0.15, 0.2) is 0 Å². The number of methoxy groups -OCH3 is 2. The second-order valence-electron chi connectivity index (χ2n) is 7.74. The molecule has 4 rings (SSSR count). The van der Waals surface area contributed by atoms with Gasteiger partial charge in [0, 0.05) is 68.7 Å². The molecule has 1 saturated heterocycles. The minimum Gasteiger partial charge on any atom is -0.497 e. The molecule has 0 bridgehead atoms. The van der Waals surface area contributed by atoms with Crippen LogP contribution in [0.4, 0.5) is 0 Å². The molecule has 1 aromatic carbocycles. The molecule has 1 aliphatic heterocycles. The van der Waals surface area contributed by atoms with Gasteiger partial charge in [-0.2, -0.15) is 0 Å². The third-order valence-corrected chi connectivity index (χ3v) is 5.62. The number of benzene rings is 1. The quantitative estimate of drug-likeness (QED) is 0.525. The van der Waals surface area contributed by atoms with Gasteiger partial charge in [-0.05, 0) is 29.8 Å². The van der Waals surface area contributed by atoms with Crippen molar-refractivity contribution in [2.75, 3.05) is 53.6 Å². The minimum absolute atomic E-state index is 0.656. The highest BCUT2D eigenvalue weighted by atomic mass is 16.5. The van der Waals surface area contributed by atoms with E-state index in [9.17, 15) is 0 Å². The Morgan fingerprint density at radius 1 is 1.06 bits per heavy atom. The summed E-state index contributed by atoms with van der Waals surface area (Å²) in [4.78, 5) is 13.9. The third kappa shape index (κ3) is 5.70. The van der Waals surface area contributed by atoms with Gasteiger partial charge in [0.2, 0.25) is 5.88 Å². The van der Waals surface area contributed by atoms with Crippen LogP contribution >= 0.6 is 0 Å². The van der Waals surface area contributed by atoms with Crippen molar-refractivity contribution >= 4 is 10.9 Å². The molecule has 31 heavy (non-hydrogen) atoms. The Morgan fingerprint density at radius 2 is 1.94 bits per heavy atom. The zero-order valence-electron chi connectivity index (χ0n) is 18.3. The van der Waals surface area contributed by atoms with E-state index in [0.717, 1.165) is 74.7 Å². The van der Waals surface area contributed by atoms with Crippen molar-refractivity contribution in [1.82, 2.24) is 19.8 Å². The maximum absolute atomic E-state index is 5.65. The van der Waals surface area contributed by atoms with E-state index in [-0.39, 0.29) is 0 Å². The number of nitrogens with zero attached hydrogens (tertiary/aromatic N) is 4. The predicted octanol–water partition coefficient (Wildman–Crippen LogP) is 2.98. The van der Waals surface area contributed by atoms with Crippen molar-refractivity contribution in [3.63, 3.8) is 0 Å². The molecule has 0 N–H and O–H groups in total. The van der Waals surface area contributed by atoms with Crippen molar-refractivity contribution in [3.8, 4) is 11.6 Å². The summed E-state index contributed by atoms with van der Waals surface area (Å²) in [6, 6.07) is 12.2. The van der Waals surface area contributed by atoms with Crippen LogP contribution in [-0.4, -0.2) is 73.4 Å². The number of hydrogen-bond acceptors (Lipinski definition) is 7. The van der Waals surface area contributed by atoms with Gasteiger partial charge in [0.05, 0.1) is 33.0 Å². The molecule has 0 spiro atoms. The van der Waals surface area contributed by atoms with E-state index in [0.29, 0.717) is 5.88 Å². The molecule has 1 aliphatic rings. The zero-order chi connectivity index (χ0) is 21.5. The van der Waals surface area contributed by atoms with Crippen LogP contribution < -0.4 is 9.47 Å². The Hall–Kier alpha value is -2.74. The third-order valence-electron chi connectivity index (χ3n) is 5.62. The summed E-state index contributed by atoms with van der Waals surface area (Å²) in [7, 11) is 3.34. The first-order chi connectivity index (χ1) is 15.2. The Morgan fingerprint density at radius 3 is 2.68 bits per heavy atom. The maximum atomic E-state index is 5.65. The predicted molar refractivity (Wildman–Crippen MR) is 120 cm³/mol. The van der Waals surface area contributed by atoms with E-state index in [2.05, 4.69) is 26.9 Å². The molecule has 0 unspecified atom stereocenters. The normalized spacial score (nSPS) is 14.8. The highest BCUT2D eigenvalue weighted by Gasteiger charge is 2.16. The molecular formula is C24H30N4O3. The van der Waals surface area contributed by atoms with Crippen molar-refractivity contribution in [3.05, 3.63) is 59.9 Å². The van der Waals surface area contributed by atoms with E-state index in [4.69, 9.17) is 19.2 Å². The van der Waals surface area contributed by atoms with E-state index in [1.807, 2.05) is 36.7 Å². The van der Waals surface area contributed by atoms with Gasteiger partial charge in [-0.3, -0.25) is 14.8 Å². The lowest BCUT2D eigenvalue weighted by Gasteiger charge is -2.30. The first kappa shape index (κ1) is 21.5. The second-order valence-corrected chi connectivity index (χ2v) is 7.74. The lowest BCUT2D eigenvalue weighted by Crippen LogP contribution is -2.41. The second kappa shape index (κ2) is 10.5. The van der Waals surface area contributed by atoms with Gasteiger partial charge in [0.1, 0.15) is 5.75 Å². The van der Waals surface area contributed by atoms with Crippen molar-refractivity contribution in [2.24, 2.45) is 0 Å². The molecule has 7 nitrogen and oxygen atoms in total. The Balaban J connectivity index is 1.55. The summed E-state index contributed by atoms with van der Waals surface area (Å²) in [5, 5.41) is 1.08. The van der Waals surface area contributed by atoms with Gasteiger partial charge in [-0.25, -0.2) is 4.98 Å². The lowest BCUT2D eigenvalue weighted by molar-refractivity contribution is 0.0324. The van der Waals surface area contributed by atoms with E-state index in [1.54, 1.807) is 14.2 Å². The fourth-order valence-electron chi connectivity index (χ4n) is 3.90. The smallest absolute Gasteiger partial charge is 0.218 e. The van der Waals surface area contributed by atoms with Crippen LogP contribution in [0.3, 0.4) is 0 Å². The number of pyridine rings is 2. The molecule has 3 aromatic rings. The van der Waals surface area contributed by atoms with Crippen molar-refractivity contribution < 1.29 is 14.2 Å². The van der Waals surface area contributed by atoms with Gasteiger partial charge >= 0.3 is 0 Å². The van der Waals surface area contributed by atoms with E-state index < -0.39 is 0 Å². The maximum Gasteiger partial charge on any atom is 0.218 e. The highest BCUT2D eigenvalue weighted by molar-refractivity contribution is 5.81. The van der Waals surface area contributed by atoms with Crippen LogP contribution in [0.1, 0.15) is 11.1 Å². The van der Waals surface area contributed by atoms with Gasteiger partial charge in [-0.1, -0.05) is 6.07 Å². The minimum atomic E-state index is 0.656. The Kier molecular flexibility index (Phi) is 7.30. The number of rotatable bonds is 9. The van der Waals surface area contributed by atoms with Crippen LogP contribution in [0.5, 0.6) is 11.6 Å². The van der Waals surface area contributed by atoms with Gasteiger partial charge in [0.25, 0.3) is 0 Å². The number of ether oxygens (including phenoxy) is 3. The molecule has 7 heteroatoms. The first-order valence-corrected chi connectivity index (χ1v) is 10.7. The lowest BCUT2D eigenvalue weighted by atomic mass is 10.1. The van der Waals surface area contributed by atoms with E-state index in [1.165, 1.54) is 5.56 Å². The summed E-state index contributed by atoms with van der Waals surface area (Å²) in [5.41, 5.74) is 3.14. The van der Waals surface area contributed by atoms with Crippen LogP contribution in [0.25, 0.3) is 10.9 Å². The molecule has 1 fully saturated rings. The van der Waals surface area contributed by atoms with Gasteiger partial charge < -0.3 is 14.2 Å². The van der Waals surface area contributed by atoms with Gasteiger partial charge in [-0.15, -0.1) is 0 Å². The topological polar surface area (TPSA) is 60.0 Å². The molecule has 0 amide bonds. The fourth-order valence-corrected chi connectivity index (χ4v) is 3.90. The summed E-state index contributed by atoms with van der Waals surface area (Å²) < 4.78 is 16.5. The number of fused-ring (bicyclic) bond motifs is 1. The van der Waals surface area contributed by atoms with Crippen LogP contribution in [0.15, 0.2) is 48.8 Å². The number of hydrogen-bond donors (Lipinski definition) is 0. The summed E-state index contributed by atoms with van der Waals surface area (Å²) in [5.74, 6) is 1.45. The van der Waals surface area contributed by atoms with Crippen LogP contribution in [-0.2, 0) is 17.8 Å². The zero-order valence-corrected chi connectivity index (χ0v) is 18.3. The first-order valence-electron chi connectivity index (χ1n) is 10.7. The molecule has 3 heterocycles.